The molecular formula is C16H23N3. The molecule has 0 saturated carbocycles. The first-order valence-electron chi connectivity index (χ1n) is 7.15. The van der Waals surface area contributed by atoms with Crippen molar-refractivity contribution in [3.63, 3.8) is 0 Å². The maximum absolute atomic E-state index is 4.56. The van der Waals surface area contributed by atoms with Crippen molar-refractivity contribution in [1.29, 1.82) is 0 Å². The normalized spacial score (nSPS) is 10.7. The summed E-state index contributed by atoms with van der Waals surface area (Å²) in [5.41, 5.74) is 4.95. The summed E-state index contributed by atoms with van der Waals surface area (Å²) in [4.78, 5) is 0. The van der Waals surface area contributed by atoms with Gasteiger partial charge < -0.3 is 5.32 Å². The lowest BCUT2D eigenvalue weighted by Gasteiger charge is -2.08. The first-order chi connectivity index (χ1) is 9.26. The smallest absolute Gasteiger partial charge is 0.0625 e. The van der Waals surface area contributed by atoms with Gasteiger partial charge in [-0.25, -0.2) is 0 Å². The monoisotopic (exact) mass is 257 g/mol. The van der Waals surface area contributed by atoms with Gasteiger partial charge in [0.2, 0.25) is 0 Å². The Morgan fingerprint density at radius 3 is 2.37 bits per heavy atom. The van der Waals surface area contributed by atoms with Crippen LogP contribution in [-0.4, -0.2) is 9.78 Å². The van der Waals surface area contributed by atoms with Crippen molar-refractivity contribution in [2.75, 3.05) is 5.32 Å². The van der Waals surface area contributed by atoms with Crippen molar-refractivity contribution >= 4 is 5.69 Å². The zero-order chi connectivity index (χ0) is 13.7. The van der Waals surface area contributed by atoms with Crippen LogP contribution in [0.2, 0.25) is 0 Å². The minimum Gasteiger partial charge on any atom is -0.379 e. The predicted octanol–water partition coefficient (Wildman–Crippen LogP) is 3.64. The van der Waals surface area contributed by atoms with Crippen molar-refractivity contribution in [2.24, 2.45) is 0 Å². The number of anilines is 1. The molecule has 0 amide bonds. The maximum Gasteiger partial charge on any atom is 0.0625 e. The molecule has 102 valence electrons. The third kappa shape index (κ3) is 3.37. The fourth-order valence-electron chi connectivity index (χ4n) is 2.15. The molecule has 0 unspecified atom stereocenters. The Kier molecular flexibility index (Phi) is 4.61. The maximum atomic E-state index is 4.56. The highest BCUT2D eigenvalue weighted by molar-refractivity contribution is 5.44. The van der Waals surface area contributed by atoms with Gasteiger partial charge in [-0.2, -0.15) is 5.10 Å². The van der Waals surface area contributed by atoms with Crippen molar-refractivity contribution in [1.82, 2.24) is 9.78 Å². The third-order valence-electron chi connectivity index (χ3n) is 3.41. The highest BCUT2D eigenvalue weighted by Gasteiger charge is 2.05. The van der Waals surface area contributed by atoms with E-state index in [0.29, 0.717) is 0 Å². The van der Waals surface area contributed by atoms with Crippen molar-refractivity contribution in [2.45, 2.75) is 46.7 Å². The molecule has 1 aromatic heterocycles. The van der Waals surface area contributed by atoms with Gasteiger partial charge in [0.1, 0.15) is 0 Å². The van der Waals surface area contributed by atoms with Gasteiger partial charge in [0.15, 0.2) is 0 Å². The highest BCUT2D eigenvalue weighted by atomic mass is 15.3. The Labute approximate surface area is 115 Å². The molecule has 0 bridgehead atoms. The van der Waals surface area contributed by atoms with Crippen LogP contribution in [0.1, 0.15) is 37.7 Å². The van der Waals surface area contributed by atoms with Gasteiger partial charge in [0, 0.05) is 12.2 Å². The zero-order valence-electron chi connectivity index (χ0n) is 12.1. The van der Waals surface area contributed by atoms with Gasteiger partial charge in [0.25, 0.3) is 0 Å². The van der Waals surface area contributed by atoms with Crippen LogP contribution in [0, 0.1) is 0 Å². The molecule has 0 aliphatic heterocycles. The van der Waals surface area contributed by atoms with Gasteiger partial charge in [-0.3, -0.25) is 4.68 Å². The Hall–Kier alpha value is -1.77. The second kappa shape index (κ2) is 6.41. The summed E-state index contributed by atoms with van der Waals surface area (Å²) in [5, 5.41) is 8.03. The standard InChI is InChI=1S/C16H23N3/c1-4-13-7-9-15(10-8-13)17-12-16-11-14(5-2)18-19(16)6-3/h7-11,17H,4-6,12H2,1-3H3. The summed E-state index contributed by atoms with van der Waals surface area (Å²) in [7, 11) is 0. The molecule has 19 heavy (non-hydrogen) atoms. The first-order valence-corrected chi connectivity index (χ1v) is 7.15. The largest absolute Gasteiger partial charge is 0.379 e. The Bertz CT molecular complexity index is 511. The van der Waals surface area contributed by atoms with E-state index >= 15 is 0 Å². The molecule has 3 nitrogen and oxygen atoms in total. The van der Waals surface area contributed by atoms with Crippen LogP contribution < -0.4 is 5.32 Å². The molecule has 1 heterocycles. The minimum atomic E-state index is 0.826. The summed E-state index contributed by atoms with van der Waals surface area (Å²) < 4.78 is 2.08. The Morgan fingerprint density at radius 1 is 1.05 bits per heavy atom. The molecule has 0 fully saturated rings. The molecule has 0 aliphatic rings. The molecule has 0 spiro atoms. The van der Waals surface area contributed by atoms with Gasteiger partial charge in [-0.15, -0.1) is 0 Å². The van der Waals surface area contributed by atoms with E-state index in [4.69, 9.17) is 0 Å². The highest BCUT2D eigenvalue weighted by Crippen LogP contribution is 2.12. The lowest BCUT2D eigenvalue weighted by atomic mass is 10.1. The number of aryl methyl sites for hydroxylation is 3. The van der Waals surface area contributed by atoms with Crippen molar-refractivity contribution in [3.8, 4) is 0 Å². The molecule has 2 rings (SSSR count). The molecule has 1 aromatic carbocycles. The van der Waals surface area contributed by atoms with Gasteiger partial charge >= 0.3 is 0 Å². The Balaban J connectivity index is 2.02. The third-order valence-corrected chi connectivity index (χ3v) is 3.41. The van der Waals surface area contributed by atoms with Crippen LogP contribution >= 0.6 is 0 Å². The van der Waals surface area contributed by atoms with E-state index in [1.807, 2.05) is 0 Å². The molecule has 0 saturated heterocycles. The lowest BCUT2D eigenvalue weighted by Crippen LogP contribution is -2.07. The summed E-state index contributed by atoms with van der Waals surface area (Å²) in [5.74, 6) is 0. The van der Waals surface area contributed by atoms with Gasteiger partial charge in [-0.1, -0.05) is 26.0 Å². The van der Waals surface area contributed by atoms with E-state index in [-0.39, 0.29) is 0 Å². The van der Waals surface area contributed by atoms with E-state index in [1.54, 1.807) is 0 Å². The summed E-state index contributed by atoms with van der Waals surface area (Å²) >= 11 is 0. The van der Waals surface area contributed by atoms with Crippen molar-refractivity contribution < 1.29 is 0 Å². The second-order valence-electron chi connectivity index (χ2n) is 4.70. The molecule has 0 radical (unpaired) electrons. The van der Waals surface area contributed by atoms with Gasteiger partial charge in [0.05, 0.1) is 17.9 Å². The number of nitrogens with zero attached hydrogens (tertiary/aromatic N) is 2. The van der Waals surface area contributed by atoms with Crippen LogP contribution in [0.15, 0.2) is 30.3 Å². The molecule has 1 N–H and O–H groups in total. The summed E-state index contributed by atoms with van der Waals surface area (Å²) in [6.07, 6.45) is 2.08. The van der Waals surface area contributed by atoms with E-state index in [1.165, 1.54) is 22.6 Å². The number of nitrogens with one attached hydrogen (secondary N) is 1. The van der Waals surface area contributed by atoms with E-state index in [0.717, 1.165) is 25.9 Å². The van der Waals surface area contributed by atoms with Crippen LogP contribution in [0.4, 0.5) is 5.69 Å². The molecule has 3 heteroatoms. The number of benzene rings is 1. The molecule has 0 atom stereocenters. The quantitative estimate of drug-likeness (QED) is 0.856. The van der Waals surface area contributed by atoms with E-state index < -0.39 is 0 Å². The minimum absolute atomic E-state index is 0.826. The molecule has 0 aliphatic carbocycles. The fourth-order valence-corrected chi connectivity index (χ4v) is 2.15. The predicted molar refractivity (Wildman–Crippen MR) is 80.4 cm³/mol. The van der Waals surface area contributed by atoms with Crippen LogP contribution in [-0.2, 0) is 25.9 Å². The number of hydrogen-bond donors (Lipinski definition) is 1. The summed E-state index contributed by atoms with van der Waals surface area (Å²) in [6, 6.07) is 10.8. The van der Waals surface area contributed by atoms with Crippen LogP contribution in [0.5, 0.6) is 0 Å². The number of aromatic nitrogens is 2. The Morgan fingerprint density at radius 2 is 1.79 bits per heavy atom. The molecular weight excluding hydrogens is 234 g/mol. The fraction of sp³-hybridized carbons (Fsp3) is 0.438. The first kappa shape index (κ1) is 13.7. The van der Waals surface area contributed by atoms with Gasteiger partial charge in [-0.05, 0) is 43.5 Å². The summed E-state index contributed by atoms with van der Waals surface area (Å²) in [6.45, 7) is 8.20. The average molecular weight is 257 g/mol. The van der Waals surface area contributed by atoms with Crippen molar-refractivity contribution in [3.05, 3.63) is 47.3 Å². The van der Waals surface area contributed by atoms with E-state index in [9.17, 15) is 0 Å². The van der Waals surface area contributed by atoms with Crippen LogP contribution in [0.25, 0.3) is 0 Å². The number of rotatable bonds is 6. The molecule has 2 aromatic rings. The topological polar surface area (TPSA) is 29.9 Å². The SMILES string of the molecule is CCc1ccc(NCc2cc(CC)nn2CC)cc1. The second-order valence-corrected chi connectivity index (χ2v) is 4.70. The van der Waals surface area contributed by atoms with E-state index in [2.05, 4.69) is 66.2 Å². The van der Waals surface area contributed by atoms with Crippen LogP contribution in [0.3, 0.4) is 0 Å². The lowest BCUT2D eigenvalue weighted by molar-refractivity contribution is 0.619. The average Bonchev–Trinajstić information content (AvgIpc) is 2.88. The number of hydrogen-bond acceptors (Lipinski definition) is 2. The zero-order valence-corrected chi connectivity index (χ0v) is 12.1.